The fourth-order valence-corrected chi connectivity index (χ4v) is 3.51. The van der Waals surface area contributed by atoms with Crippen LogP contribution in [-0.2, 0) is 21.1 Å². The quantitative estimate of drug-likeness (QED) is 0.313. The van der Waals surface area contributed by atoms with Gasteiger partial charge in [-0.2, -0.15) is 34.8 Å². The van der Waals surface area contributed by atoms with E-state index in [4.69, 9.17) is 9.47 Å². The van der Waals surface area contributed by atoms with E-state index >= 15 is 0 Å². The molecule has 4 nitrogen and oxygen atoms in total. The van der Waals surface area contributed by atoms with Crippen molar-refractivity contribution in [1.82, 2.24) is 9.97 Å². The second kappa shape index (κ2) is 11.0. The van der Waals surface area contributed by atoms with Crippen LogP contribution in [-0.4, -0.2) is 24.2 Å². The van der Waals surface area contributed by atoms with Crippen LogP contribution < -0.4 is 9.47 Å². The molecule has 0 saturated heterocycles. The van der Waals surface area contributed by atoms with E-state index < -0.39 is 0 Å². The summed E-state index contributed by atoms with van der Waals surface area (Å²) in [5, 5.41) is 1.72. The molecule has 27 heavy (non-hydrogen) atoms. The second-order valence-corrected chi connectivity index (χ2v) is 6.95. The molecule has 140 valence electrons. The summed E-state index contributed by atoms with van der Waals surface area (Å²) in [6.45, 7) is 0. The molecule has 0 aliphatic rings. The number of pyridine rings is 2. The van der Waals surface area contributed by atoms with E-state index in [1.165, 1.54) is 0 Å². The van der Waals surface area contributed by atoms with Gasteiger partial charge in [0, 0.05) is 12.4 Å². The largest absolute Gasteiger partial charge is 2.00 e. The van der Waals surface area contributed by atoms with Gasteiger partial charge in [-0.05, 0) is 23.5 Å². The zero-order valence-corrected chi connectivity index (χ0v) is 18.5. The predicted octanol–water partition coefficient (Wildman–Crippen LogP) is 5.24. The number of aromatic nitrogens is 2. The van der Waals surface area contributed by atoms with Crippen LogP contribution in [0.4, 0.5) is 0 Å². The topological polar surface area (TPSA) is 44.2 Å². The minimum atomic E-state index is 0. The zero-order chi connectivity index (χ0) is 18.2. The third-order valence-corrected chi connectivity index (χ3v) is 5.28. The van der Waals surface area contributed by atoms with Gasteiger partial charge < -0.3 is 19.4 Å². The first-order valence-electron chi connectivity index (χ1n) is 7.74. The monoisotopic (exact) mass is 575 g/mol. The molecule has 4 aromatic rings. The van der Waals surface area contributed by atoms with Crippen molar-refractivity contribution in [2.45, 2.75) is 0 Å². The van der Waals surface area contributed by atoms with Gasteiger partial charge in [-0.3, -0.25) is 0 Å². The average molecular weight is 576 g/mol. The third kappa shape index (κ3) is 5.99. The Morgan fingerprint density at radius 2 is 1.19 bits per heavy atom. The van der Waals surface area contributed by atoms with E-state index in [1.807, 2.05) is 48.5 Å². The van der Waals surface area contributed by atoms with E-state index in [1.54, 1.807) is 49.3 Å². The molecule has 0 radical (unpaired) electrons. The molecule has 4 rings (SSSR count). The van der Waals surface area contributed by atoms with Gasteiger partial charge in [0.1, 0.15) is 0 Å². The van der Waals surface area contributed by atoms with Gasteiger partial charge in [0.2, 0.25) is 0 Å². The summed E-state index contributed by atoms with van der Waals surface area (Å²) < 4.78 is 10.2. The molecule has 4 heterocycles. The average Bonchev–Trinajstić information content (AvgIpc) is 3.39. The van der Waals surface area contributed by atoms with Gasteiger partial charge >= 0.3 is 21.1 Å². The van der Waals surface area contributed by atoms with Crippen molar-refractivity contribution in [2.24, 2.45) is 0 Å². The number of nitrogens with zero attached hydrogens (tertiary/aromatic N) is 2. The Hall–Kier alpha value is -2.01. The number of hydrogen-bond donors (Lipinski definition) is 0. The summed E-state index contributed by atoms with van der Waals surface area (Å²) >= 11 is 3.09. The first-order valence-corrected chi connectivity index (χ1v) is 9.37. The summed E-state index contributed by atoms with van der Waals surface area (Å²) in [6, 6.07) is 21.5. The Balaban J connectivity index is 0.000000187. The maximum absolute atomic E-state index is 5.08. The first-order chi connectivity index (χ1) is 12.8. The number of rotatable bonds is 4. The molecule has 0 fully saturated rings. The fourth-order valence-electron chi connectivity index (χ4n) is 2.02. The van der Waals surface area contributed by atoms with Gasteiger partial charge in [-0.25, -0.2) is 0 Å². The van der Waals surface area contributed by atoms with Gasteiger partial charge in [0.25, 0.3) is 0 Å². The molecule has 7 heteroatoms. The molecule has 0 unspecified atom stereocenters. The van der Waals surface area contributed by atoms with Crippen molar-refractivity contribution in [1.29, 1.82) is 0 Å². The van der Waals surface area contributed by atoms with Crippen molar-refractivity contribution >= 4 is 22.7 Å². The zero-order valence-electron chi connectivity index (χ0n) is 14.6. The molecule has 4 aromatic heterocycles. The standard InChI is InChI=1S/2C10H8NOS.Pt/c2*1-12-10-6-5-9(13-10)8-4-2-3-7-11-8;/h2*2-4,6-7H,1H3;/q2*-1;+2. The maximum atomic E-state index is 5.08. The number of hydrogen-bond acceptors (Lipinski definition) is 6. The van der Waals surface area contributed by atoms with E-state index in [2.05, 4.69) is 22.1 Å². The van der Waals surface area contributed by atoms with Crippen molar-refractivity contribution in [3.8, 4) is 31.3 Å². The minimum absolute atomic E-state index is 0. The number of methoxy groups -OCH3 is 2. The SMILES string of the molecule is COc1c[c-]c(-c2ccccn2)s1.COc1c[c-]c(-c2ccccn2)s1.[Pt+2]. The summed E-state index contributed by atoms with van der Waals surface area (Å²) in [5.41, 5.74) is 1.88. The van der Waals surface area contributed by atoms with E-state index in [0.29, 0.717) is 0 Å². The Kier molecular flexibility index (Phi) is 8.65. The Bertz CT molecular complexity index is 850. The van der Waals surface area contributed by atoms with Gasteiger partial charge in [-0.1, -0.05) is 34.0 Å². The Labute approximate surface area is 181 Å². The Morgan fingerprint density at radius 3 is 1.48 bits per heavy atom. The van der Waals surface area contributed by atoms with Crippen LogP contribution in [0, 0.1) is 12.1 Å². The predicted molar refractivity (Wildman–Crippen MR) is 106 cm³/mol. The van der Waals surface area contributed by atoms with Gasteiger partial charge in [-0.15, -0.1) is 12.1 Å². The smallest absolute Gasteiger partial charge is 0.544 e. The molecule has 0 amide bonds. The minimum Gasteiger partial charge on any atom is -0.544 e. The molecule has 0 N–H and O–H groups in total. The maximum Gasteiger partial charge on any atom is 2.00 e. The summed E-state index contributed by atoms with van der Waals surface area (Å²) in [4.78, 5) is 10.5. The van der Waals surface area contributed by atoms with Crippen molar-refractivity contribution in [2.75, 3.05) is 14.2 Å². The van der Waals surface area contributed by atoms with Gasteiger partial charge in [0.15, 0.2) is 0 Å². The number of ether oxygens (including phenoxy) is 2. The van der Waals surface area contributed by atoms with Crippen molar-refractivity contribution < 1.29 is 30.5 Å². The normalized spacial score (nSPS) is 9.56. The molecular weight excluding hydrogens is 559 g/mol. The molecule has 0 spiro atoms. The van der Waals surface area contributed by atoms with E-state index in [0.717, 1.165) is 31.3 Å². The van der Waals surface area contributed by atoms with Crippen molar-refractivity contribution in [3.05, 3.63) is 73.1 Å². The van der Waals surface area contributed by atoms with Crippen LogP contribution in [0.3, 0.4) is 0 Å². The second-order valence-electron chi connectivity index (χ2n) is 4.92. The van der Waals surface area contributed by atoms with Crippen molar-refractivity contribution in [3.63, 3.8) is 0 Å². The molecular formula is C20H16N2O2PtS2. The molecule has 0 aliphatic carbocycles. The van der Waals surface area contributed by atoms with Gasteiger partial charge in [0.05, 0.1) is 24.3 Å². The van der Waals surface area contributed by atoms with Crippen LogP contribution in [0.5, 0.6) is 10.1 Å². The number of thiophene rings is 2. The van der Waals surface area contributed by atoms with Crippen LogP contribution in [0.1, 0.15) is 0 Å². The summed E-state index contributed by atoms with van der Waals surface area (Å²) in [7, 11) is 3.31. The molecule has 0 bridgehead atoms. The van der Waals surface area contributed by atoms with Crippen LogP contribution in [0.25, 0.3) is 21.1 Å². The molecule has 0 aromatic carbocycles. The van der Waals surface area contributed by atoms with Crippen LogP contribution >= 0.6 is 22.7 Å². The Morgan fingerprint density at radius 1 is 0.741 bits per heavy atom. The molecule has 0 aliphatic heterocycles. The van der Waals surface area contributed by atoms with E-state index in [9.17, 15) is 0 Å². The molecule has 0 saturated carbocycles. The van der Waals surface area contributed by atoms with Crippen LogP contribution in [0.15, 0.2) is 60.9 Å². The first kappa shape index (κ1) is 21.3. The molecule has 0 atom stereocenters. The third-order valence-electron chi connectivity index (χ3n) is 3.24. The van der Waals surface area contributed by atoms with Crippen LogP contribution in [0.2, 0.25) is 0 Å². The summed E-state index contributed by atoms with van der Waals surface area (Å²) in [6.07, 6.45) is 3.55. The fraction of sp³-hybridized carbons (Fsp3) is 0.100. The van der Waals surface area contributed by atoms with E-state index in [-0.39, 0.29) is 21.1 Å². The summed E-state index contributed by atoms with van der Waals surface area (Å²) in [5.74, 6) is 0.